The fourth-order valence-corrected chi connectivity index (χ4v) is 1.73. The Morgan fingerprint density at radius 3 is 2.62 bits per heavy atom. The second-order valence-electron chi connectivity index (χ2n) is 4.18. The maximum absolute atomic E-state index is 5.63. The standard InChI is InChI=1S/C11H23NO/c1-3-4-9-13-10-11-5-7-12(2)8-6-11/h11H,3-10H2,1-2H3. The van der Waals surface area contributed by atoms with Crippen molar-refractivity contribution in [3.05, 3.63) is 0 Å². The number of unbranched alkanes of at least 4 members (excludes halogenated alkanes) is 1. The molecule has 1 rings (SSSR count). The minimum absolute atomic E-state index is 0.827. The molecule has 0 atom stereocenters. The largest absolute Gasteiger partial charge is 0.381 e. The first kappa shape index (κ1) is 11.0. The second kappa shape index (κ2) is 6.39. The summed E-state index contributed by atoms with van der Waals surface area (Å²) in [5.74, 6) is 0.827. The van der Waals surface area contributed by atoms with E-state index in [2.05, 4.69) is 18.9 Å². The van der Waals surface area contributed by atoms with Crippen molar-refractivity contribution in [2.24, 2.45) is 5.92 Å². The normalized spacial score (nSPS) is 20.8. The Balaban J connectivity index is 1.96. The van der Waals surface area contributed by atoms with E-state index in [4.69, 9.17) is 4.74 Å². The van der Waals surface area contributed by atoms with Gasteiger partial charge in [0.15, 0.2) is 0 Å². The number of piperidine rings is 1. The molecular formula is C11H23NO. The molecule has 1 saturated heterocycles. The Bertz CT molecular complexity index is 119. The van der Waals surface area contributed by atoms with Crippen LogP contribution in [0, 0.1) is 5.92 Å². The SMILES string of the molecule is CCCCOCC1CCN(C)CC1. The average molecular weight is 185 g/mol. The first-order chi connectivity index (χ1) is 6.33. The third-order valence-electron chi connectivity index (χ3n) is 2.83. The highest BCUT2D eigenvalue weighted by Gasteiger charge is 2.16. The van der Waals surface area contributed by atoms with E-state index in [-0.39, 0.29) is 0 Å². The number of rotatable bonds is 5. The molecule has 1 fully saturated rings. The predicted molar refractivity (Wildman–Crippen MR) is 55.9 cm³/mol. The third kappa shape index (κ3) is 4.63. The first-order valence-electron chi connectivity index (χ1n) is 5.59. The third-order valence-corrected chi connectivity index (χ3v) is 2.83. The van der Waals surface area contributed by atoms with Gasteiger partial charge >= 0.3 is 0 Å². The van der Waals surface area contributed by atoms with E-state index in [1.807, 2.05) is 0 Å². The van der Waals surface area contributed by atoms with Crippen LogP contribution in [0.5, 0.6) is 0 Å². The average Bonchev–Trinajstić information content (AvgIpc) is 2.15. The van der Waals surface area contributed by atoms with E-state index in [9.17, 15) is 0 Å². The van der Waals surface area contributed by atoms with Gasteiger partial charge in [0.2, 0.25) is 0 Å². The van der Waals surface area contributed by atoms with Crippen molar-refractivity contribution in [2.45, 2.75) is 32.6 Å². The van der Waals surface area contributed by atoms with Crippen molar-refractivity contribution in [1.82, 2.24) is 4.90 Å². The van der Waals surface area contributed by atoms with Crippen LogP contribution in [0.25, 0.3) is 0 Å². The van der Waals surface area contributed by atoms with Crippen molar-refractivity contribution in [1.29, 1.82) is 0 Å². The van der Waals surface area contributed by atoms with Crippen molar-refractivity contribution in [3.63, 3.8) is 0 Å². The molecule has 1 aliphatic rings. The van der Waals surface area contributed by atoms with Gasteiger partial charge in [0.25, 0.3) is 0 Å². The summed E-state index contributed by atoms with van der Waals surface area (Å²) < 4.78 is 5.63. The quantitative estimate of drug-likeness (QED) is 0.608. The van der Waals surface area contributed by atoms with Crippen LogP contribution < -0.4 is 0 Å². The van der Waals surface area contributed by atoms with Crippen molar-refractivity contribution < 1.29 is 4.74 Å². The van der Waals surface area contributed by atoms with E-state index >= 15 is 0 Å². The molecule has 0 bridgehead atoms. The van der Waals surface area contributed by atoms with Gasteiger partial charge in [-0.05, 0) is 45.3 Å². The van der Waals surface area contributed by atoms with Crippen LogP contribution in [-0.2, 0) is 4.74 Å². The molecule has 78 valence electrons. The summed E-state index contributed by atoms with van der Waals surface area (Å²) in [6, 6.07) is 0. The van der Waals surface area contributed by atoms with Gasteiger partial charge in [-0.25, -0.2) is 0 Å². The molecule has 0 N–H and O–H groups in total. The summed E-state index contributed by atoms with van der Waals surface area (Å²) in [5, 5.41) is 0. The first-order valence-corrected chi connectivity index (χ1v) is 5.59. The van der Waals surface area contributed by atoms with Gasteiger partial charge < -0.3 is 9.64 Å². The van der Waals surface area contributed by atoms with Crippen LogP contribution in [-0.4, -0.2) is 38.3 Å². The summed E-state index contributed by atoms with van der Waals surface area (Å²) in [7, 11) is 2.20. The van der Waals surface area contributed by atoms with Crippen molar-refractivity contribution in [2.75, 3.05) is 33.4 Å². The minimum atomic E-state index is 0.827. The monoisotopic (exact) mass is 185 g/mol. The molecule has 0 radical (unpaired) electrons. The lowest BCUT2D eigenvalue weighted by Crippen LogP contribution is -2.32. The van der Waals surface area contributed by atoms with Gasteiger partial charge in [0.1, 0.15) is 0 Å². The molecular weight excluding hydrogens is 162 g/mol. The number of likely N-dealkylation sites (tertiary alicyclic amines) is 1. The van der Waals surface area contributed by atoms with Crippen LogP contribution >= 0.6 is 0 Å². The van der Waals surface area contributed by atoms with E-state index in [1.54, 1.807) is 0 Å². The summed E-state index contributed by atoms with van der Waals surface area (Å²) in [5.41, 5.74) is 0. The second-order valence-corrected chi connectivity index (χ2v) is 4.18. The Labute approximate surface area is 82.3 Å². The molecule has 0 unspecified atom stereocenters. The number of hydrogen-bond donors (Lipinski definition) is 0. The Kier molecular flexibility index (Phi) is 5.40. The Hall–Kier alpha value is -0.0800. The molecule has 0 aliphatic carbocycles. The Morgan fingerprint density at radius 2 is 2.00 bits per heavy atom. The summed E-state index contributed by atoms with van der Waals surface area (Å²) in [4.78, 5) is 2.41. The van der Waals surface area contributed by atoms with Crippen LogP contribution in [0.2, 0.25) is 0 Å². The molecule has 13 heavy (non-hydrogen) atoms. The molecule has 1 aliphatic heterocycles. The van der Waals surface area contributed by atoms with Crippen molar-refractivity contribution >= 4 is 0 Å². The number of ether oxygens (including phenoxy) is 1. The van der Waals surface area contributed by atoms with E-state index in [0.29, 0.717) is 0 Å². The molecule has 0 amide bonds. The summed E-state index contributed by atoms with van der Waals surface area (Å²) in [6.07, 6.45) is 5.10. The van der Waals surface area contributed by atoms with Crippen LogP contribution in [0.15, 0.2) is 0 Å². The van der Waals surface area contributed by atoms with E-state index in [1.165, 1.54) is 38.8 Å². The van der Waals surface area contributed by atoms with Crippen LogP contribution in [0.4, 0.5) is 0 Å². The molecule has 0 aromatic carbocycles. The molecule has 0 aromatic rings. The lowest BCUT2D eigenvalue weighted by molar-refractivity contribution is 0.0706. The van der Waals surface area contributed by atoms with Gasteiger partial charge in [-0.15, -0.1) is 0 Å². The van der Waals surface area contributed by atoms with E-state index < -0.39 is 0 Å². The lowest BCUT2D eigenvalue weighted by Gasteiger charge is -2.28. The predicted octanol–water partition coefficient (Wildman–Crippen LogP) is 2.14. The fourth-order valence-electron chi connectivity index (χ4n) is 1.73. The van der Waals surface area contributed by atoms with Crippen LogP contribution in [0.3, 0.4) is 0 Å². The summed E-state index contributed by atoms with van der Waals surface area (Å²) >= 11 is 0. The molecule has 1 heterocycles. The summed E-state index contributed by atoms with van der Waals surface area (Å²) in [6.45, 7) is 6.67. The van der Waals surface area contributed by atoms with Crippen LogP contribution in [0.1, 0.15) is 32.6 Å². The molecule has 2 nitrogen and oxygen atoms in total. The zero-order valence-electron chi connectivity index (χ0n) is 9.09. The topological polar surface area (TPSA) is 12.5 Å². The zero-order valence-corrected chi connectivity index (χ0v) is 9.09. The smallest absolute Gasteiger partial charge is 0.0495 e. The highest BCUT2D eigenvalue weighted by Crippen LogP contribution is 2.15. The van der Waals surface area contributed by atoms with E-state index in [0.717, 1.165) is 19.1 Å². The highest BCUT2D eigenvalue weighted by molar-refractivity contribution is 4.69. The number of hydrogen-bond acceptors (Lipinski definition) is 2. The minimum Gasteiger partial charge on any atom is -0.381 e. The number of nitrogens with zero attached hydrogens (tertiary/aromatic N) is 1. The zero-order chi connectivity index (χ0) is 9.52. The molecule has 0 aromatic heterocycles. The fraction of sp³-hybridized carbons (Fsp3) is 1.00. The van der Waals surface area contributed by atoms with Gasteiger partial charge in [0.05, 0.1) is 0 Å². The maximum Gasteiger partial charge on any atom is 0.0495 e. The molecule has 0 spiro atoms. The Morgan fingerprint density at radius 1 is 1.31 bits per heavy atom. The van der Waals surface area contributed by atoms with Gasteiger partial charge in [-0.3, -0.25) is 0 Å². The maximum atomic E-state index is 5.63. The van der Waals surface area contributed by atoms with Gasteiger partial charge in [-0.2, -0.15) is 0 Å². The lowest BCUT2D eigenvalue weighted by atomic mass is 9.98. The van der Waals surface area contributed by atoms with Crippen molar-refractivity contribution in [3.8, 4) is 0 Å². The van der Waals surface area contributed by atoms with Gasteiger partial charge in [0, 0.05) is 13.2 Å². The molecule has 2 heteroatoms. The molecule has 0 saturated carbocycles. The van der Waals surface area contributed by atoms with Gasteiger partial charge in [-0.1, -0.05) is 13.3 Å². The highest BCUT2D eigenvalue weighted by atomic mass is 16.5.